The third kappa shape index (κ3) is 5.12. The molecule has 1 atom stereocenters. The fraction of sp³-hybridized carbons (Fsp3) is 0.333. The molecular formula is C21H22ClNO6. The van der Waals surface area contributed by atoms with Gasteiger partial charge in [-0.25, -0.2) is 4.79 Å². The lowest BCUT2D eigenvalue weighted by atomic mass is 10.2. The lowest BCUT2D eigenvalue weighted by Crippen LogP contribution is -2.30. The SMILES string of the molecule is CCOc1ccccc1NC(=O)C(C)OC(=O)c1cc(Cl)c2c(c1)OCCCO2. The number of esters is 1. The van der Waals surface area contributed by atoms with E-state index in [1.54, 1.807) is 24.3 Å². The average molecular weight is 420 g/mol. The number of carbonyl (C=O) groups excluding carboxylic acids is 2. The normalized spacial score (nSPS) is 13.8. The van der Waals surface area contributed by atoms with Crippen molar-refractivity contribution in [3.05, 3.63) is 47.0 Å². The van der Waals surface area contributed by atoms with Crippen LogP contribution in [0.2, 0.25) is 5.02 Å². The number of amides is 1. The van der Waals surface area contributed by atoms with Crippen LogP contribution >= 0.6 is 11.6 Å². The zero-order chi connectivity index (χ0) is 20.8. The van der Waals surface area contributed by atoms with Crippen LogP contribution in [0.3, 0.4) is 0 Å². The van der Waals surface area contributed by atoms with Crippen molar-refractivity contribution < 1.29 is 28.5 Å². The van der Waals surface area contributed by atoms with E-state index in [9.17, 15) is 9.59 Å². The quantitative estimate of drug-likeness (QED) is 0.710. The number of benzene rings is 2. The van der Waals surface area contributed by atoms with Crippen LogP contribution in [-0.4, -0.2) is 37.8 Å². The molecule has 1 N–H and O–H groups in total. The summed E-state index contributed by atoms with van der Waals surface area (Å²) in [6.45, 7) is 4.74. The summed E-state index contributed by atoms with van der Waals surface area (Å²) in [7, 11) is 0. The monoisotopic (exact) mass is 419 g/mol. The maximum atomic E-state index is 12.5. The van der Waals surface area contributed by atoms with E-state index in [2.05, 4.69) is 5.32 Å². The van der Waals surface area contributed by atoms with E-state index in [1.165, 1.54) is 19.1 Å². The van der Waals surface area contributed by atoms with Gasteiger partial charge in [0, 0.05) is 6.42 Å². The van der Waals surface area contributed by atoms with Crippen molar-refractivity contribution in [2.24, 2.45) is 0 Å². The molecule has 0 aromatic heterocycles. The molecule has 0 aliphatic carbocycles. The minimum Gasteiger partial charge on any atom is -0.492 e. The Hall–Kier alpha value is -2.93. The highest BCUT2D eigenvalue weighted by Gasteiger charge is 2.23. The van der Waals surface area contributed by atoms with Crippen molar-refractivity contribution in [1.82, 2.24) is 0 Å². The smallest absolute Gasteiger partial charge is 0.339 e. The Labute approximate surface area is 173 Å². The molecule has 1 aliphatic rings. The van der Waals surface area contributed by atoms with E-state index in [0.29, 0.717) is 49.2 Å². The molecule has 0 fully saturated rings. The Kier molecular flexibility index (Phi) is 6.82. The Morgan fingerprint density at radius 3 is 2.76 bits per heavy atom. The Balaban J connectivity index is 1.68. The molecule has 0 saturated carbocycles. The van der Waals surface area contributed by atoms with Crippen LogP contribution in [0, 0.1) is 0 Å². The number of hydrogen-bond acceptors (Lipinski definition) is 6. The number of fused-ring (bicyclic) bond motifs is 1. The first-order valence-electron chi connectivity index (χ1n) is 9.32. The van der Waals surface area contributed by atoms with Crippen LogP contribution in [0.15, 0.2) is 36.4 Å². The van der Waals surface area contributed by atoms with Gasteiger partial charge in [0.15, 0.2) is 17.6 Å². The summed E-state index contributed by atoms with van der Waals surface area (Å²) in [5.74, 6) is 0.148. The molecule has 0 bridgehead atoms. The van der Waals surface area contributed by atoms with E-state index >= 15 is 0 Å². The Bertz CT molecular complexity index is 901. The minimum atomic E-state index is -1.04. The van der Waals surface area contributed by atoms with Gasteiger partial charge < -0.3 is 24.3 Å². The zero-order valence-corrected chi connectivity index (χ0v) is 17.0. The molecule has 29 heavy (non-hydrogen) atoms. The first-order valence-corrected chi connectivity index (χ1v) is 9.70. The van der Waals surface area contributed by atoms with Crippen molar-refractivity contribution in [3.63, 3.8) is 0 Å². The van der Waals surface area contributed by atoms with Crippen molar-refractivity contribution in [2.75, 3.05) is 25.1 Å². The molecule has 3 rings (SSSR count). The second-order valence-electron chi connectivity index (χ2n) is 6.30. The summed E-state index contributed by atoms with van der Waals surface area (Å²) in [6, 6.07) is 9.97. The average Bonchev–Trinajstić information content (AvgIpc) is 2.95. The lowest BCUT2D eigenvalue weighted by molar-refractivity contribution is -0.123. The van der Waals surface area contributed by atoms with E-state index in [4.69, 9.17) is 30.5 Å². The largest absolute Gasteiger partial charge is 0.492 e. The molecule has 0 radical (unpaired) electrons. The highest BCUT2D eigenvalue weighted by Crippen LogP contribution is 2.38. The molecule has 8 heteroatoms. The van der Waals surface area contributed by atoms with Crippen LogP contribution in [0.1, 0.15) is 30.6 Å². The number of para-hydroxylation sites is 2. The van der Waals surface area contributed by atoms with Gasteiger partial charge in [0.25, 0.3) is 5.91 Å². The van der Waals surface area contributed by atoms with Gasteiger partial charge in [-0.1, -0.05) is 23.7 Å². The number of anilines is 1. The highest BCUT2D eigenvalue weighted by molar-refractivity contribution is 6.32. The van der Waals surface area contributed by atoms with Gasteiger partial charge in [0.2, 0.25) is 0 Å². The summed E-state index contributed by atoms with van der Waals surface area (Å²) in [6.07, 6.45) is -0.322. The second-order valence-corrected chi connectivity index (χ2v) is 6.71. The summed E-state index contributed by atoms with van der Waals surface area (Å²) in [4.78, 5) is 25.0. The molecule has 1 unspecified atom stereocenters. The molecule has 0 saturated heterocycles. The maximum Gasteiger partial charge on any atom is 0.339 e. The topological polar surface area (TPSA) is 83.1 Å². The molecule has 2 aromatic carbocycles. The van der Waals surface area contributed by atoms with Crippen molar-refractivity contribution in [3.8, 4) is 17.2 Å². The van der Waals surface area contributed by atoms with Crippen molar-refractivity contribution in [2.45, 2.75) is 26.4 Å². The minimum absolute atomic E-state index is 0.175. The molecule has 1 aliphatic heterocycles. The van der Waals surface area contributed by atoms with Gasteiger partial charge in [-0.05, 0) is 38.1 Å². The number of ether oxygens (including phenoxy) is 4. The molecule has 1 amide bonds. The molecule has 7 nitrogen and oxygen atoms in total. The van der Waals surface area contributed by atoms with Gasteiger partial charge in [-0.15, -0.1) is 0 Å². The van der Waals surface area contributed by atoms with Gasteiger partial charge in [0.1, 0.15) is 5.75 Å². The molecular weight excluding hydrogens is 398 g/mol. The first-order chi connectivity index (χ1) is 14.0. The summed E-state index contributed by atoms with van der Waals surface area (Å²) in [5.41, 5.74) is 0.675. The van der Waals surface area contributed by atoms with Gasteiger partial charge in [0.05, 0.1) is 36.1 Å². The van der Waals surface area contributed by atoms with Gasteiger partial charge in [-0.2, -0.15) is 0 Å². The lowest BCUT2D eigenvalue weighted by Gasteiger charge is -2.16. The Morgan fingerprint density at radius 2 is 1.97 bits per heavy atom. The van der Waals surface area contributed by atoms with E-state index < -0.39 is 18.0 Å². The fourth-order valence-corrected chi connectivity index (χ4v) is 2.98. The van der Waals surface area contributed by atoms with Gasteiger partial charge >= 0.3 is 5.97 Å². The van der Waals surface area contributed by atoms with E-state index in [-0.39, 0.29) is 10.6 Å². The van der Waals surface area contributed by atoms with E-state index in [0.717, 1.165) is 0 Å². The Morgan fingerprint density at radius 1 is 1.21 bits per heavy atom. The molecule has 154 valence electrons. The summed E-state index contributed by atoms with van der Waals surface area (Å²) in [5, 5.41) is 2.96. The summed E-state index contributed by atoms with van der Waals surface area (Å²) >= 11 is 6.21. The highest BCUT2D eigenvalue weighted by atomic mass is 35.5. The van der Waals surface area contributed by atoms with Crippen LogP contribution < -0.4 is 19.5 Å². The van der Waals surface area contributed by atoms with Crippen LogP contribution in [0.5, 0.6) is 17.2 Å². The number of halogens is 1. The molecule has 2 aromatic rings. The van der Waals surface area contributed by atoms with Crippen LogP contribution in [0.4, 0.5) is 5.69 Å². The second kappa shape index (κ2) is 9.52. The predicted molar refractivity (Wildman–Crippen MR) is 108 cm³/mol. The van der Waals surface area contributed by atoms with Crippen molar-refractivity contribution in [1.29, 1.82) is 0 Å². The standard InChI is InChI=1S/C21H22ClNO6/c1-3-26-17-8-5-4-7-16(17)23-20(24)13(2)29-21(25)14-11-15(22)19-18(12-14)27-9-6-10-28-19/h4-5,7-8,11-13H,3,6,9-10H2,1-2H3,(H,23,24). The van der Waals surface area contributed by atoms with Crippen LogP contribution in [0.25, 0.3) is 0 Å². The summed E-state index contributed by atoms with van der Waals surface area (Å²) < 4.78 is 21.9. The predicted octanol–water partition coefficient (Wildman–Crippen LogP) is 4.08. The first kappa shape index (κ1) is 20.8. The van der Waals surface area contributed by atoms with Crippen LogP contribution in [-0.2, 0) is 9.53 Å². The number of nitrogens with one attached hydrogen (secondary N) is 1. The number of carbonyl (C=O) groups is 2. The number of hydrogen-bond donors (Lipinski definition) is 1. The fourth-order valence-electron chi connectivity index (χ4n) is 2.72. The van der Waals surface area contributed by atoms with Crippen molar-refractivity contribution >= 4 is 29.2 Å². The molecule has 0 spiro atoms. The van der Waals surface area contributed by atoms with Gasteiger partial charge in [-0.3, -0.25) is 4.79 Å². The number of rotatable bonds is 6. The zero-order valence-electron chi connectivity index (χ0n) is 16.2. The maximum absolute atomic E-state index is 12.5. The third-order valence-corrected chi connectivity index (χ3v) is 4.42. The third-order valence-electron chi connectivity index (χ3n) is 4.14. The van der Waals surface area contributed by atoms with E-state index in [1.807, 2.05) is 6.92 Å². The molecule has 1 heterocycles.